The number of alkyl halides is 3. The summed E-state index contributed by atoms with van der Waals surface area (Å²) < 4.78 is 75.8. The van der Waals surface area contributed by atoms with E-state index in [9.17, 15) is 21.6 Å². The minimum absolute atomic E-state index is 0.0128. The van der Waals surface area contributed by atoms with Crippen LogP contribution in [0.4, 0.5) is 13.2 Å². The third-order valence-electron chi connectivity index (χ3n) is 7.26. The van der Waals surface area contributed by atoms with Gasteiger partial charge in [0, 0.05) is 0 Å². The average molecular weight is 565 g/mol. The Balaban J connectivity index is 1.40. The molecule has 1 aliphatic carbocycles. The van der Waals surface area contributed by atoms with Crippen molar-refractivity contribution < 1.29 is 26.3 Å². The van der Waals surface area contributed by atoms with Gasteiger partial charge in [-0.05, 0) is 116 Å². The highest BCUT2D eigenvalue weighted by molar-refractivity contribution is 8.06. The van der Waals surface area contributed by atoms with E-state index < -0.39 is 21.8 Å². The zero-order valence-corrected chi connectivity index (χ0v) is 22.5. The summed E-state index contributed by atoms with van der Waals surface area (Å²) in [6.45, 7) is 1.51. The van der Waals surface area contributed by atoms with Crippen molar-refractivity contribution in [2.24, 2.45) is 0 Å². The quantitative estimate of drug-likeness (QED) is 0.405. The first-order chi connectivity index (χ1) is 18.2. The number of rotatable bonds is 6. The molecular weight excluding hydrogens is 533 g/mol. The van der Waals surface area contributed by atoms with Crippen LogP contribution < -0.4 is 14.8 Å². The number of halogens is 3. The summed E-state index contributed by atoms with van der Waals surface area (Å²) in [7, 11) is -3.75. The summed E-state index contributed by atoms with van der Waals surface area (Å²) in [5, 5.41) is 5.74. The number of nitrogens with one attached hydrogen (secondary N) is 2. The van der Waals surface area contributed by atoms with Gasteiger partial charge < -0.3 is 10.1 Å². The van der Waals surface area contributed by atoms with Crippen LogP contribution in [0.3, 0.4) is 0 Å². The molecule has 10 heteroatoms. The van der Waals surface area contributed by atoms with Gasteiger partial charge in [0.05, 0.1) is 15.5 Å². The minimum Gasteiger partial charge on any atom is -0.485 e. The van der Waals surface area contributed by atoms with Gasteiger partial charge in [0.25, 0.3) is 10.0 Å². The van der Waals surface area contributed by atoms with Gasteiger partial charge in [-0.1, -0.05) is 30.0 Å². The largest absolute Gasteiger partial charge is 0.485 e. The van der Waals surface area contributed by atoms with Crippen molar-refractivity contribution in [3.8, 4) is 5.75 Å². The lowest BCUT2D eigenvalue weighted by molar-refractivity contribution is -0.137. The Labute approximate surface area is 226 Å². The Hall–Kier alpha value is -2.43. The Morgan fingerprint density at radius 2 is 1.82 bits per heavy atom. The second-order valence-corrected chi connectivity index (χ2v) is 12.5. The standard InChI is InChI=1S/C28H31F3N2O3S2/c29-28(30,31)21-8-11-26(24(18-21)19-12-14-32-15-13-19)36-25-6-4-5-20-17-22(9-10-23(20)25)38(34,35)33-27-7-2-1-3-16-37-27/h3,7-11,16-19,25,32-33H,1-2,4-6,12-15H2. The van der Waals surface area contributed by atoms with Gasteiger partial charge >= 0.3 is 6.18 Å². The highest BCUT2D eigenvalue weighted by Gasteiger charge is 2.33. The van der Waals surface area contributed by atoms with Gasteiger partial charge in [-0.2, -0.15) is 13.2 Å². The van der Waals surface area contributed by atoms with Crippen molar-refractivity contribution in [1.29, 1.82) is 0 Å². The first-order valence-electron chi connectivity index (χ1n) is 13.0. The molecule has 2 aromatic rings. The SMILES string of the molecule is O=S(=O)(NC1=CCCC=CS1)c1ccc2c(c1)CCCC2Oc1ccc(C(F)(F)F)cc1C1CCNCC1. The zero-order valence-electron chi connectivity index (χ0n) is 20.9. The number of thioether (sulfide) groups is 1. The fourth-order valence-corrected chi connectivity index (χ4v) is 7.40. The van der Waals surface area contributed by atoms with Crippen molar-refractivity contribution in [2.45, 2.75) is 68.0 Å². The van der Waals surface area contributed by atoms with E-state index in [0.29, 0.717) is 29.2 Å². The van der Waals surface area contributed by atoms with Gasteiger partial charge in [-0.15, -0.1) is 0 Å². The number of aryl methyl sites for hydroxylation is 1. The number of benzene rings is 2. The van der Waals surface area contributed by atoms with E-state index >= 15 is 0 Å². The molecule has 0 spiro atoms. The normalized spacial score (nSPS) is 20.8. The fourth-order valence-electron chi connectivity index (χ4n) is 5.28. The number of hydrogen-bond acceptors (Lipinski definition) is 5. The third kappa shape index (κ3) is 6.24. The van der Waals surface area contributed by atoms with Gasteiger partial charge in [-0.3, -0.25) is 4.72 Å². The second kappa shape index (κ2) is 11.4. The molecule has 1 saturated heterocycles. The van der Waals surface area contributed by atoms with E-state index in [4.69, 9.17) is 4.74 Å². The van der Waals surface area contributed by atoms with Crippen molar-refractivity contribution in [1.82, 2.24) is 10.0 Å². The van der Waals surface area contributed by atoms with Crippen LogP contribution >= 0.6 is 11.8 Å². The number of allylic oxidation sites excluding steroid dienone is 2. The van der Waals surface area contributed by atoms with Crippen LogP contribution in [0.5, 0.6) is 5.75 Å². The summed E-state index contributed by atoms with van der Waals surface area (Å²) in [6, 6.07) is 8.85. The van der Waals surface area contributed by atoms with E-state index in [2.05, 4.69) is 10.0 Å². The Kier molecular flexibility index (Phi) is 8.11. The molecule has 5 rings (SSSR count). The third-order valence-corrected chi connectivity index (χ3v) is 9.60. The summed E-state index contributed by atoms with van der Waals surface area (Å²) >= 11 is 1.35. The molecule has 2 aromatic carbocycles. The molecule has 1 atom stereocenters. The second-order valence-electron chi connectivity index (χ2n) is 9.87. The maximum absolute atomic E-state index is 13.5. The maximum atomic E-state index is 13.5. The van der Waals surface area contributed by atoms with E-state index in [1.807, 2.05) is 17.6 Å². The molecule has 0 saturated carbocycles. The van der Waals surface area contributed by atoms with Crippen molar-refractivity contribution >= 4 is 21.8 Å². The lowest BCUT2D eigenvalue weighted by Gasteiger charge is -2.30. The molecule has 0 amide bonds. The van der Waals surface area contributed by atoms with E-state index in [1.54, 1.807) is 18.2 Å². The molecule has 38 heavy (non-hydrogen) atoms. The summed E-state index contributed by atoms with van der Waals surface area (Å²) in [5.41, 5.74) is 1.71. The van der Waals surface area contributed by atoms with Crippen LogP contribution in [-0.2, 0) is 22.6 Å². The molecule has 1 fully saturated rings. The van der Waals surface area contributed by atoms with Crippen LogP contribution in [0.25, 0.3) is 0 Å². The van der Waals surface area contributed by atoms with Gasteiger partial charge in [0.2, 0.25) is 0 Å². The maximum Gasteiger partial charge on any atom is 0.416 e. The van der Waals surface area contributed by atoms with E-state index in [1.165, 1.54) is 23.9 Å². The van der Waals surface area contributed by atoms with Crippen LogP contribution in [0.2, 0.25) is 0 Å². The average Bonchev–Trinajstić information content (AvgIpc) is 3.17. The van der Waals surface area contributed by atoms with E-state index in [0.717, 1.165) is 62.4 Å². The Morgan fingerprint density at radius 3 is 2.61 bits per heavy atom. The topological polar surface area (TPSA) is 67.4 Å². The molecule has 5 nitrogen and oxygen atoms in total. The molecule has 2 N–H and O–H groups in total. The number of hydrogen-bond donors (Lipinski definition) is 2. The molecule has 2 heterocycles. The first-order valence-corrected chi connectivity index (χ1v) is 15.3. The predicted molar refractivity (Wildman–Crippen MR) is 143 cm³/mol. The van der Waals surface area contributed by atoms with Gasteiger partial charge in [0.15, 0.2) is 0 Å². The molecule has 0 aromatic heterocycles. The first kappa shape index (κ1) is 27.1. The summed E-state index contributed by atoms with van der Waals surface area (Å²) in [4.78, 5) is 0.191. The number of fused-ring (bicyclic) bond motifs is 1. The lowest BCUT2D eigenvalue weighted by Crippen LogP contribution is -2.27. The molecular formula is C28H31F3N2O3S2. The smallest absolute Gasteiger partial charge is 0.416 e. The number of piperidine rings is 1. The van der Waals surface area contributed by atoms with E-state index in [-0.39, 0.29) is 16.9 Å². The van der Waals surface area contributed by atoms with Crippen molar-refractivity contribution in [2.75, 3.05) is 13.1 Å². The molecule has 3 aliphatic rings. The monoisotopic (exact) mass is 564 g/mol. The van der Waals surface area contributed by atoms with Crippen LogP contribution in [0, 0.1) is 0 Å². The summed E-state index contributed by atoms with van der Waals surface area (Å²) in [5.74, 6) is 0.465. The fraction of sp³-hybridized carbons (Fsp3) is 0.429. The predicted octanol–water partition coefficient (Wildman–Crippen LogP) is 6.79. The Bertz CT molecular complexity index is 1330. The zero-order chi connectivity index (χ0) is 26.8. The lowest BCUT2D eigenvalue weighted by atomic mass is 9.87. The molecule has 0 bridgehead atoms. The summed E-state index contributed by atoms with van der Waals surface area (Å²) in [6.07, 6.45) is 4.47. The molecule has 0 radical (unpaired) electrons. The number of ether oxygens (including phenoxy) is 1. The van der Waals surface area contributed by atoms with Crippen LogP contribution in [-0.4, -0.2) is 21.5 Å². The molecule has 204 valence electrons. The highest BCUT2D eigenvalue weighted by Crippen LogP contribution is 2.42. The number of sulfonamides is 1. The minimum atomic E-state index is -4.42. The van der Waals surface area contributed by atoms with Crippen LogP contribution in [0.15, 0.2) is 63.9 Å². The van der Waals surface area contributed by atoms with Crippen LogP contribution in [0.1, 0.15) is 72.8 Å². The molecule has 2 aliphatic heterocycles. The Morgan fingerprint density at radius 1 is 1.00 bits per heavy atom. The van der Waals surface area contributed by atoms with Crippen molar-refractivity contribution in [3.05, 3.63) is 81.2 Å². The highest BCUT2D eigenvalue weighted by atomic mass is 32.2. The molecule has 1 unspecified atom stereocenters. The van der Waals surface area contributed by atoms with Gasteiger partial charge in [0.1, 0.15) is 11.9 Å². The van der Waals surface area contributed by atoms with Gasteiger partial charge in [-0.25, -0.2) is 8.42 Å². The van der Waals surface area contributed by atoms with Crippen molar-refractivity contribution in [3.63, 3.8) is 0 Å².